The van der Waals surface area contributed by atoms with Crippen LogP contribution in [-0.4, -0.2) is 24.6 Å². The molecule has 2 aliphatic rings. The maximum Gasteiger partial charge on any atom is 0.330 e. The minimum absolute atomic E-state index is 0.0913. The molecule has 1 saturated carbocycles. The lowest BCUT2D eigenvalue weighted by atomic mass is 9.86. The fraction of sp³-hybridized carbons (Fsp3) is 0.667. The molecule has 2 rings (SSSR count). The van der Waals surface area contributed by atoms with Crippen LogP contribution in [0.15, 0.2) is 12.7 Å². The average molecular weight is 224 g/mol. The van der Waals surface area contributed by atoms with Crippen LogP contribution in [0.3, 0.4) is 0 Å². The molecule has 88 valence electrons. The molecule has 1 heterocycles. The first-order chi connectivity index (χ1) is 7.63. The van der Waals surface area contributed by atoms with Gasteiger partial charge in [0.05, 0.1) is 12.5 Å². The molecule has 0 N–H and O–H groups in total. The summed E-state index contributed by atoms with van der Waals surface area (Å²) < 4.78 is 10.3. The van der Waals surface area contributed by atoms with Crippen molar-refractivity contribution in [3.05, 3.63) is 12.7 Å². The highest BCUT2D eigenvalue weighted by Gasteiger charge is 2.48. The Bertz CT molecular complexity index is 323. The Morgan fingerprint density at radius 2 is 2.38 bits per heavy atom. The summed E-state index contributed by atoms with van der Waals surface area (Å²) >= 11 is 0. The second-order valence-corrected chi connectivity index (χ2v) is 4.50. The third kappa shape index (κ3) is 1.84. The van der Waals surface area contributed by atoms with Gasteiger partial charge in [0.2, 0.25) is 0 Å². The molecule has 4 atom stereocenters. The molecule has 0 aromatic rings. The maximum atomic E-state index is 11.5. The highest BCUT2D eigenvalue weighted by atomic mass is 16.5. The van der Waals surface area contributed by atoms with Crippen molar-refractivity contribution in [2.75, 3.05) is 6.61 Å². The van der Waals surface area contributed by atoms with E-state index in [1.807, 2.05) is 6.92 Å². The number of carbonyl (C=O) groups is 2. The minimum atomic E-state index is -0.413. The van der Waals surface area contributed by atoms with Gasteiger partial charge in [0, 0.05) is 6.08 Å². The van der Waals surface area contributed by atoms with Crippen LogP contribution in [0, 0.1) is 17.8 Å². The first-order valence-electron chi connectivity index (χ1n) is 5.63. The Hall–Kier alpha value is -1.32. The number of esters is 2. The molecule has 4 nitrogen and oxygen atoms in total. The first-order valence-corrected chi connectivity index (χ1v) is 5.63. The molecule has 0 amide bonds. The van der Waals surface area contributed by atoms with E-state index in [2.05, 4.69) is 6.58 Å². The average Bonchev–Trinajstić information content (AvgIpc) is 2.58. The molecule has 4 unspecified atom stereocenters. The maximum absolute atomic E-state index is 11.5. The molecule has 1 saturated heterocycles. The zero-order chi connectivity index (χ0) is 11.7. The molecule has 0 spiro atoms. The molecule has 0 aromatic heterocycles. The molecular weight excluding hydrogens is 208 g/mol. The molecule has 4 heteroatoms. The van der Waals surface area contributed by atoms with E-state index in [4.69, 9.17) is 9.47 Å². The first kappa shape index (κ1) is 11.2. The van der Waals surface area contributed by atoms with Crippen LogP contribution in [0.2, 0.25) is 0 Å². The van der Waals surface area contributed by atoms with Gasteiger partial charge in [0.15, 0.2) is 0 Å². The lowest BCUT2D eigenvalue weighted by Crippen LogP contribution is -2.30. The van der Waals surface area contributed by atoms with Crippen molar-refractivity contribution >= 4 is 11.9 Å². The highest BCUT2D eigenvalue weighted by molar-refractivity contribution is 5.81. The Balaban J connectivity index is 2.05. The van der Waals surface area contributed by atoms with E-state index in [1.165, 1.54) is 0 Å². The summed E-state index contributed by atoms with van der Waals surface area (Å²) in [6.07, 6.45) is 2.45. The molecule has 1 aliphatic heterocycles. The van der Waals surface area contributed by atoms with Crippen molar-refractivity contribution in [1.29, 1.82) is 0 Å². The van der Waals surface area contributed by atoms with Crippen LogP contribution < -0.4 is 0 Å². The number of fused-ring (bicyclic) bond motifs is 1. The number of ether oxygens (including phenoxy) is 2. The third-order valence-corrected chi connectivity index (χ3v) is 3.70. The summed E-state index contributed by atoms with van der Waals surface area (Å²) in [6, 6.07) is 0. The molecular formula is C12H16O4. The van der Waals surface area contributed by atoms with Gasteiger partial charge in [-0.05, 0) is 24.7 Å². The standard InChI is InChI=1S/C12H16O4/c1-3-11(13)16-10-6-9-8(7(10)2)4-5-15-12(9)14/h3,7-10H,1,4-6H2,2H3. The summed E-state index contributed by atoms with van der Waals surface area (Å²) in [5.41, 5.74) is 0. The van der Waals surface area contributed by atoms with E-state index < -0.39 is 5.97 Å². The van der Waals surface area contributed by atoms with E-state index in [0.717, 1.165) is 12.5 Å². The summed E-state index contributed by atoms with van der Waals surface area (Å²) in [7, 11) is 0. The summed E-state index contributed by atoms with van der Waals surface area (Å²) in [5.74, 6) is -0.124. The van der Waals surface area contributed by atoms with Crippen LogP contribution in [0.1, 0.15) is 19.8 Å². The summed E-state index contributed by atoms with van der Waals surface area (Å²) in [5, 5.41) is 0. The molecule has 0 radical (unpaired) electrons. The number of carbonyl (C=O) groups excluding carboxylic acids is 2. The quantitative estimate of drug-likeness (QED) is 0.524. The molecule has 0 bridgehead atoms. The normalized spacial score (nSPS) is 37.4. The highest BCUT2D eigenvalue weighted by Crippen LogP contribution is 2.43. The Morgan fingerprint density at radius 1 is 1.62 bits per heavy atom. The van der Waals surface area contributed by atoms with Crippen molar-refractivity contribution in [3.63, 3.8) is 0 Å². The van der Waals surface area contributed by atoms with Crippen molar-refractivity contribution < 1.29 is 19.1 Å². The fourth-order valence-electron chi connectivity index (χ4n) is 2.77. The number of rotatable bonds is 2. The van der Waals surface area contributed by atoms with E-state index >= 15 is 0 Å². The molecule has 2 fully saturated rings. The second-order valence-electron chi connectivity index (χ2n) is 4.50. The fourth-order valence-corrected chi connectivity index (χ4v) is 2.77. The lowest BCUT2D eigenvalue weighted by Gasteiger charge is -2.26. The monoisotopic (exact) mass is 224 g/mol. The molecule has 0 aromatic carbocycles. The predicted octanol–water partition coefficient (Wildman–Crippen LogP) is 1.30. The molecule has 16 heavy (non-hydrogen) atoms. The third-order valence-electron chi connectivity index (χ3n) is 3.70. The van der Waals surface area contributed by atoms with Gasteiger partial charge in [-0.2, -0.15) is 0 Å². The van der Waals surface area contributed by atoms with Gasteiger partial charge >= 0.3 is 11.9 Å². The van der Waals surface area contributed by atoms with Gasteiger partial charge in [-0.1, -0.05) is 13.5 Å². The second kappa shape index (κ2) is 4.28. The zero-order valence-electron chi connectivity index (χ0n) is 9.35. The SMILES string of the molecule is C=CC(=O)OC1CC2C(=O)OCCC2C1C. The van der Waals surface area contributed by atoms with E-state index in [9.17, 15) is 9.59 Å². The van der Waals surface area contributed by atoms with Gasteiger partial charge in [-0.25, -0.2) is 4.79 Å². The van der Waals surface area contributed by atoms with Crippen LogP contribution in [-0.2, 0) is 19.1 Å². The lowest BCUT2D eigenvalue weighted by molar-refractivity contribution is -0.156. The number of cyclic esters (lactones) is 1. The Kier molecular flexibility index (Phi) is 2.99. The van der Waals surface area contributed by atoms with Gasteiger partial charge in [0.1, 0.15) is 6.10 Å². The largest absolute Gasteiger partial charge is 0.465 e. The van der Waals surface area contributed by atoms with Gasteiger partial charge in [0.25, 0.3) is 0 Å². The number of hydrogen-bond acceptors (Lipinski definition) is 4. The Morgan fingerprint density at radius 3 is 3.00 bits per heavy atom. The van der Waals surface area contributed by atoms with Gasteiger partial charge < -0.3 is 9.47 Å². The van der Waals surface area contributed by atoms with Gasteiger partial charge in [-0.3, -0.25) is 4.79 Å². The van der Waals surface area contributed by atoms with Crippen LogP contribution in [0.5, 0.6) is 0 Å². The minimum Gasteiger partial charge on any atom is -0.465 e. The van der Waals surface area contributed by atoms with Gasteiger partial charge in [-0.15, -0.1) is 0 Å². The van der Waals surface area contributed by atoms with Crippen molar-refractivity contribution in [3.8, 4) is 0 Å². The van der Waals surface area contributed by atoms with Crippen molar-refractivity contribution in [1.82, 2.24) is 0 Å². The van der Waals surface area contributed by atoms with Crippen molar-refractivity contribution in [2.24, 2.45) is 17.8 Å². The predicted molar refractivity (Wildman–Crippen MR) is 56.4 cm³/mol. The van der Waals surface area contributed by atoms with E-state index in [-0.39, 0.29) is 23.9 Å². The topological polar surface area (TPSA) is 52.6 Å². The summed E-state index contributed by atoms with van der Waals surface area (Å²) in [6.45, 7) is 5.89. The zero-order valence-corrected chi connectivity index (χ0v) is 9.35. The van der Waals surface area contributed by atoms with E-state index in [0.29, 0.717) is 18.9 Å². The van der Waals surface area contributed by atoms with Crippen LogP contribution in [0.25, 0.3) is 0 Å². The smallest absolute Gasteiger partial charge is 0.330 e. The van der Waals surface area contributed by atoms with Crippen LogP contribution in [0.4, 0.5) is 0 Å². The molecule has 1 aliphatic carbocycles. The van der Waals surface area contributed by atoms with E-state index in [1.54, 1.807) is 0 Å². The summed E-state index contributed by atoms with van der Waals surface area (Å²) in [4.78, 5) is 22.7. The Labute approximate surface area is 94.6 Å². The van der Waals surface area contributed by atoms with Crippen molar-refractivity contribution in [2.45, 2.75) is 25.9 Å². The van der Waals surface area contributed by atoms with Crippen LogP contribution >= 0.6 is 0 Å². The number of hydrogen-bond donors (Lipinski definition) is 0.